The van der Waals surface area contributed by atoms with Crippen molar-refractivity contribution in [1.29, 1.82) is 0 Å². The quantitative estimate of drug-likeness (QED) is 0.487. The smallest absolute Gasteiger partial charge is 0.0431 e. The normalized spacial score (nSPS) is 21.5. The highest BCUT2D eigenvalue weighted by atomic mass is 14.5. The Hall–Kier alpha value is -0.0400. The van der Waals surface area contributed by atoms with Crippen molar-refractivity contribution in [2.75, 3.05) is 6.54 Å². The minimum absolute atomic E-state index is 0.644. The van der Waals surface area contributed by atoms with E-state index in [2.05, 4.69) is 0 Å². The van der Waals surface area contributed by atoms with E-state index in [4.69, 9.17) is 5.73 Å². The van der Waals surface area contributed by atoms with E-state index in [1.54, 1.807) is 0 Å². The van der Waals surface area contributed by atoms with Gasteiger partial charge in [-0.25, -0.2) is 0 Å². The van der Waals surface area contributed by atoms with Crippen LogP contribution in [-0.4, -0.2) is 6.54 Å². The predicted molar refractivity (Wildman–Crippen MR) is 26.5 cm³/mol. The van der Waals surface area contributed by atoms with Crippen LogP contribution in [0.25, 0.3) is 5.73 Å². The standard InChI is InChI=1S/C5H10N/c6-4-3-5-1-2-5/h5-6H,1-4H2/q-1. The molecule has 0 bridgehead atoms. The van der Waals surface area contributed by atoms with Crippen LogP contribution in [0.4, 0.5) is 0 Å². The van der Waals surface area contributed by atoms with E-state index in [1.165, 1.54) is 12.8 Å². The number of hydrogen-bond acceptors (Lipinski definition) is 0. The zero-order valence-corrected chi connectivity index (χ0v) is 3.91. The monoisotopic (exact) mass is 84.1 g/mol. The van der Waals surface area contributed by atoms with Crippen molar-refractivity contribution in [1.82, 2.24) is 0 Å². The summed E-state index contributed by atoms with van der Waals surface area (Å²) in [6, 6.07) is 0. The van der Waals surface area contributed by atoms with Crippen molar-refractivity contribution >= 4 is 0 Å². The van der Waals surface area contributed by atoms with Gasteiger partial charge in [-0.1, -0.05) is 19.3 Å². The number of rotatable bonds is 2. The molecule has 0 aromatic rings. The topological polar surface area (TPSA) is 23.8 Å². The number of hydrogen-bond donors (Lipinski definition) is 0. The Labute approximate surface area is 38.5 Å². The molecule has 0 saturated heterocycles. The lowest BCUT2D eigenvalue weighted by Crippen LogP contribution is -1.75. The zero-order valence-electron chi connectivity index (χ0n) is 3.91. The largest absolute Gasteiger partial charge is 0.677 e. The lowest BCUT2D eigenvalue weighted by Gasteiger charge is -1.93. The van der Waals surface area contributed by atoms with E-state index in [0.29, 0.717) is 6.54 Å². The molecule has 0 aromatic carbocycles. The number of nitrogens with one attached hydrogen (secondary N) is 1. The Kier molecular flexibility index (Phi) is 1.10. The molecule has 0 unspecified atom stereocenters. The SMILES string of the molecule is [NH-]CCC1CC1. The highest BCUT2D eigenvalue weighted by Gasteiger charge is 2.17. The van der Waals surface area contributed by atoms with Gasteiger partial charge in [0.05, 0.1) is 0 Å². The van der Waals surface area contributed by atoms with Gasteiger partial charge in [0.2, 0.25) is 0 Å². The van der Waals surface area contributed by atoms with Crippen LogP contribution in [0.15, 0.2) is 0 Å². The summed E-state index contributed by atoms with van der Waals surface area (Å²) in [6.45, 7) is 0.644. The maximum atomic E-state index is 6.77. The van der Waals surface area contributed by atoms with Crippen molar-refractivity contribution < 1.29 is 0 Å². The first-order valence-electron chi connectivity index (χ1n) is 2.58. The van der Waals surface area contributed by atoms with Crippen molar-refractivity contribution in [2.45, 2.75) is 19.3 Å². The second-order valence-corrected chi connectivity index (χ2v) is 1.98. The summed E-state index contributed by atoms with van der Waals surface area (Å²) < 4.78 is 0. The molecule has 1 nitrogen and oxygen atoms in total. The average Bonchev–Trinajstić information content (AvgIpc) is 2.21. The Balaban J connectivity index is 1.88. The summed E-state index contributed by atoms with van der Waals surface area (Å²) in [4.78, 5) is 0. The molecular formula is C5H10N-. The zero-order chi connectivity index (χ0) is 4.41. The van der Waals surface area contributed by atoms with Crippen molar-refractivity contribution in [3.63, 3.8) is 0 Å². The molecule has 0 spiro atoms. The first kappa shape index (κ1) is 4.13. The van der Waals surface area contributed by atoms with Crippen LogP contribution in [0.2, 0.25) is 0 Å². The molecule has 0 aliphatic heterocycles. The highest BCUT2D eigenvalue weighted by molar-refractivity contribution is 4.74. The highest BCUT2D eigenvalue weighted by Crippen LogP contribution is 2.31. The summed E-state index contributed by atoms with van der Waals surface area (Å²) in [6.07, 6.45) is 3.96. The molecule has 6 heavy (non-hydrogen) atoms. The molecule has 0 atom stereocenters. The van der Waals surface area contributed by atoms with E-state index in [9.17, 15) is 0 Å². The van der Waals surface area contributed by atoms with Crippen LogP contribution in [0.5, 0.6) is 0 Å². The molecule has 1 aliphatic carbocycles. The van der Waals surface area contributed by atoms with Crippen molar-refractivity contribution in [3.05, 3.63) is 5.73 Å². The van der Waals surface area contributed by atoms with E-state index < -0.39 is 0 Å². The molecule has 0 aromatic heterocycles. The molecule has 0 radical (unpaired) electrons. The lowest BCUT2D eigenvalue weighted by atomic mass is 10.3. The van der Waals surface area contributed by atoms with Crippen LogP contribution in [0.3, 0.4) is 0 Å². The fraction of sp³-hybridized carbons (Fsp3) is 1.00. The predicted octanol–water partition coefficient (Wildman–Crippen LogP) is 1.84. The third kappa shape index (κ3) is 0.977. The maximum Gasteiger partial charge on any atom is -0.0431 e. The van der Waals surface area contributed by atoms with Crippen LogP contribution in [0.1, 0.15) is 19.3 Å². The Bertz CT molecular complexity index is 39.2. The van der Waals surface area contributed by atoms with Gasteiger partial charge in [0.15, 0.2) is 0 Å². The van der Waals surface area contributed by atoms with E-state index in [-0.39, 0.29) is 0 Å². The second-order valence-electron chi connectivity index (χ2n) is 1.98. The van der Waals surface area contributed by atoms with Crippen LogP contribution in [-0.2, 0) is 0 Å². The molecule has 1 rings (SSSR count). The third-order valence-electron chi connectivity index (χ3n) is 1.25. The van der Waals surface area contributed by atoms with Crippen molar-refractivity contribution in [2.24, 2.45) is 5.92 Å². The van der Waals surface area contributed by atoms with Gasteiger partial charge >= 0.3 is 0 Å². The summed E-state index contributed by atoms with van der Waals surface area (Å²) in [5, 5.41) is 0. The molecule has 36 valence electrons. The van der Waals surface area contributed by atoms with Crippen LogP contribution in [0, 0.1) is 5.92 Å². The first-order valence-corrected chi connectivity index (χ1v) is 2.58. The van der Waals surface area contributed by atoms with Gasteiger partial charge in [0.1, 0.15) is 0 Å². The first-order chi connectivity index (χ1) is 2.93. The van der Waals surface area contributed by atoms with Crippen molar-refractivity contribution in [3.8, 4) is 0 Å². The molecule has 1 aliphatic rings. The summed E-state index contributed by atoms with van der Waals surface area (Å²) in [5.74, 6) is 0.961. The third-order valence-corrected chi connectivity index (χ3v) is 1.25. The van der Waals surface area contributed by atoms with E-state index in [0.717, 1.165) is 12.3 Å². The molecule has 0 amide bonds. The molecule has 1 fully saturated rings. The lowest BCUT2D eigenvalue weighted by molar-refractivity contribution is 0.782. The Morgan fingerprint density at radius 1 is 1.50 bits per heavy atom. The van der Waals surface area contributed by atoms with Gasteiger partial charge in [-0.2, -0.15) is 6.54 Å². The van der Waals surface area contributed by atoms with Crippen LogP contribution >= 0.6 is 0 Å². The summed E-state index contributed by atoms with van der Waals surface area (Å²) in [5.41, 5.74) is 6.77. The van der Waals surface area contributed by atoms with Gasteiger partial charge in [-0.3, -0.25) is 0 Å². The molecule has 1 heteroatoms. The Morgan fingerprint density at radius 2 is 2.17 bits per heavy atom. The fourth-order valence-corrected chi connectivity index (χ4v) is 0.611. The maximum absolute atomic E-state index is 6.77. The molecule has 0 heterocycles. The van der Waals surface area contributed by atoms with Gasteiger partial charge in [-0.15, -0.1) is 0 Å². The second kappa shape index (κ2) is 1.61. The average molecular weight is 84.1 g/mol. The van der Waals surface area contributed by atoms with E-state index >= 15 is 0 Å². The molecule has 1 saturated carbocycles. The van der Waals surface area contributed by atoms with Gasteiger partial charge in [0, 0.05) is 0 Å². The minimum atomic E-state index is 0.644. The Morgan fingerprint density at radius 3 is 2.33 bits per heavy atom. The van der Waals surface area contributed by atoms with Gasteiger partial charge in [-0.05, 0) is 5.92 Å². The fourth-order valence-electron chi connectivity index (χ4n) is 0.611. The van der Waals surface area contributed by atoms with Gasteiger partial charge < -0.3 is 5.73 Å². The van der Waals surface area contributed by atoms with Crippen LogP contribution < -0.4 is 0 Å². The minimum Gasteiger partial charge on any atom is -0.677 e. The summed E-state index contributed by atoms with van der Waals surface area (Å²) >= 11 is 0. The van der Waals surface area contributed by atoms with E-state index in [1.807, 2.05) is 0 Å². The summed E-state index contributed by atoms with van der Waals surface area (Å²) in [7, 11) is 0. The van der Waals surface area contributed by atoms with Gasteiger partial charge in [0.25, 0.3) is 0 Å². The molecular weight excluding hydrogens is 74.1 g/mol. The molecule has 1 N–H and O–H groups in total.